The van der Waals surface area contributed by atoms with Crippen LogP contribution >= 0.6 is 11.6 Å². The van der Waals surface area contributed by atoms with Gasteiger partial charge in [0.1, 0.15) is 0 Å². The number of amides is 1. The lowest BCUT2D eigenvalue weighted by molar-refractivity contribution is -0.116. The highest BCUT2D eigenvalue weighted by Crippen LogP contribution is 2.87. The molecule has 4 nitrogen and oxygen atoms in total. The average Bonchev–Trinajstić information content (AvgIpc) is 3.40. The number of hydrogen-bond donors (Lipinski definition) is 1. The Morgan fingerprint density at radius 1 is 1.33 bits per heavy atom. The van der Waals surface area contributed by atoms with Crippen LogP contribution in [0.2, 0.25) is 5.02 Å². The number of carbonyl (C=O) groups is 1. The lowest BCUT2D eigenvalue weighted by atomic mass is 10.0. The van der Waals surface area contributed by atoms with Crippen molar-refractivity contribution >= 4 is 23.6 Å². The topological polar surface area (TPSA) is 45.2 Å². The van der Waals surface area contributed by atoms with Gasteiger partial charge in [-0.25, -0.2) is 0 Å². The second-order valence-electron chi connectivity index (χ2n) is 7.91. The zero-order valence-corrected chi connectivity index (χ0v) is 15.8. The van der Waals surface area contributed by atoms with Crippen LogP contribution in [0.5, 0.6) is 0 Å². The fourth-order valence-electron chi connectivity index (χ4n) is 5.17. The van der Waals surface area contributed by atoms with E-state index in [4.69, 9.17) is 11.6 Å². The van der Waals surface area contributed by atoms with Gasteiger partial charge in [0.25, 0.3) is 0 Å². The van der Waals surface area contributed by atoms with Gasteiger partial charge in [0, 0.05) is 49.2 Å². The summed E-state index contributed by atoms with van der Waals surface area (Å²) in [6.45, 7) is 2.97. The van der Waals surface area contributed by atoms with Crippen LogP contribution in [0.25, 0.3) is 6.08 Å². The first kappa shape index (κ1) is 17.0. The van der Waals surface area contributed by atoms with Gasteiger partial charge in [0.2, 0.25) is 5.91 Å². The molecule has 1 aromatic heterocycles. The summed E-state index contributed by atoms with van der Waals surface area (Å²) in [6.07, 6.45) is 7.96. The Morgan fingerprint density at radius 2 is 2.19 bits per heavy atom. The van der Waals surface area contributed by atoms with Crippen molar-refractivity contribution in [2.45, 2.75) is 19.0 Å². The molecule has 1 aromatic carbocycles. The van der Waals surface area contributed by atoms with Gasteiger partial charge in [-0.1, -0.05) is 29.8 Å². The minimum atomic E-state index is -0.0292. The number of fused-ring (bicyclic) bond motifs is 1. The standard InChI is InChI=1S/C22H22ClN3O/c23-17-6-3-16(4-7-17)13-26-14-18-20-21(26)22(18,20)9-11-25-19(27)8-5-15-2-1-10-24-12-15/h1-8,10,12,18,20-21H,9,11,13-14H2,(H,25,27)/b8-5+/t18-,20-,21+,22+/m1/s1. The van der Waals surface area contributed by atoms with Crippen molar-refractivity contribution in [2.75, 3.05) is 13.1 Å². The number of benzene rings is 1. The van der Waals surface area contributed by atoms with Gasteiger partial charge in [-0.15, -0.1) is 0 Å². The van der Waals surface area contributed by atoms with E-state index in [1.165, 1.54) is 12.1 Å². The molecule has 4 atom stereocenters. The van der Waals surface area contributed by atoms with Gasteiger partial charge >= 0.3 is 0 Å². The van der Waals surface area contributed by atoms with E-state index in [-0.39, 0.29) is 5.91 Å². The first-order chi connectivity index (χ1) is 13.2. The number of rotatable bonds is 7. The fraction of sp³-hybridized carbons (Fsp3) is 0.364. The third kappa shape index (κ3) is 2.97. The molecular formula is C22H22ClN3O. The van der Waals surface area contributed by atoms with E-state index in [1.807, 2.05) is 24.3 Å². The molecule has 2 bridgehead atoms. The van der Waals surface area contributed by atoms with Crippen molar-refractivity contribution in [1.29, 1.82) is 0 Å². The smallest absolute Gasteiger partial charge is 0.244 e. The molecule has 3 heterocycles. The Morgan fingerprint density at radius 3 is 2.93 bits per heavy atom. The van der Waals surface area contributed by atoms with Crippen molar-refractivity contribution in [3.63, 3.8) is 0 Å². The number of nitrogens with zero attached hydrogens (tertiary/aromatic N) is 2. The summed E-state index contributed by atoms with van der Waals surface area (Å²) in [7, 11) is 0. The molecule has 4 aliphatic rings. The van der Waals surface area contributed by atoms with E-state index >= 15 is 0 Å². The molecule has 0 unspecified atom stereocenters. The summed E-state index contributed by atoms with van der Waals surface area (Å²) >= 11 is 5.98. The first-order valence-corrected chi connectivity index (χ1v) is 9.91. The summed E-state index contributed by atoms with van der Waals surface area (Å²) in [6, 6.07) is 12.7. The van der Waals surface area contributed by atoms with Crippen LogP contribution in [-0.4, -0.2) is 34.9 Å². The van der Waals surface area contributed by atoms with Gasteiger partial charge in [-0.3, -0.25) is 14.7 Å². The number of nitrogens with one attached hydrogen (secondary N) is 1. The Hall–Kier alpha value is -2.17. The van der Waals surface area contributed by atoms with E-state index in [0.717, 1.165) is 48.0 Å². The monoisotopic (exact) mass is 379 g/mol. The molecule has 2 aromatic rings. The van der Waals surface area contributed by atoms with Crippen molar-refractivity contribution in [3.8, 4) is 0 Å². The van der Waals surface area contributed by atoms with E-state index in [1.54, 1.807) is 24.5 Å². The number of carbonyl (C=O) groups excluding carboxylic acids is 1. The largest absolute Gasteiger partial charge is 0.353 e. The maximum absolute atomic E-state index is 12.0. The van der Waals surface area contributed by atoms with Gasteiger partial charge in [0.05, 0.1) is 0 Å². The molecular weight excluding hydrogens is 358 g/mol. The van der Waals surface area contributed by atoms with Gasteiger partial charge in [0.15, 0.2) is 0 Å². The Balaban J connectivity index is 1.09. The molecule has 2 aliphatic carbocycles. The van der Waals surface area contributed by atoms with Crippen LogP contribution < -0.4 is 5.32 Å². The van der Waals surface area contributed by atoms with Crippen LogP contribution in [0, 0.1) is 17.3 Å². The molecule has 5 heteroatoms. The van der Waals surface area contributed by atoms with Crippen LogP contribution in [0.4, 0.5) is 0 Å². The molecule has 6 rings (SSSR count). The number of halogens is 1. The molecule has 4 fully saturated rings. The number of pyridine rings is 1. The van der Waals surface area contributed by atoms with Crippen molar-refractivity contribution < 1.29 is 4.79 Å². The maximum Gasteiger partial charge on any atom is 0.244 e. The first-order valence-electron chi connectivity index (χ1n) is 9.53. The summed E-state index contributed by atoms with van der Waals surface area (Å²) in [5.41, 5.74) is 2.76. The molecule has 1 N–H and O–H groups in total. The normalized spacial score (nSPS) is 30.3. The highest BCUT2D eigenvalue weighted by atomic mass is 35.5. The Bertz CT molecular complexity index is 876. The average molecular weight is 380 g/mol. The second kappa shape index (κ2) is 6.47. The van der Waals surface area contributed by atoms with E-state index in [9.17, 15) is 4.79 Å². The molecule has 2 saturated carbocycles. The van der Waals surface area contributed by atoms with Crippen LogP contribution in [0.1, 0.15) is 17.5 Å². The quantitative estimate of drug-likeness (QED) is 0.750. The molecule has 27 heavy (non-hydrogen) atoms. The SMILES string of the molecule is O=C(/C=C/c1cccnc1)NCC[C@@]12[C@@H]3[C@H]1CN(Cc1ccc(Cl)cc1)[C@@H]32. The van der Waals surface area contributed by atoms with E-state index in [0.29, 0.717) is 5.41 Å². The Kier molecular flexibility index (Phi) is 4.06. The minimum absolute atomic E-state index is 0.0292. The molecule has 2 saturated heterocycles. The number of hydrogen-bond acceptors (Lipinski definition) is 3. The van der Waals surface area contributed by atoms with Gasteiger partial charge < -0.3 is 5.32 Å². The number of piperidine rings is 1. The van der Waals surface area contributed by atoms with Gasteiger partial charge in [-0.05, 0) is 59.1 Å². The predicted octanol–water partition coefficient (Wildman–Crippen LogP) is 3.38. The molecule has 0 radical (unpaired) electrons. The molecule has 2 aliphatic heterocycles. The summed E-state index contributed by atoms with van der Waals surface area (Å²) < 4.78 is 0. The van der Waals surface area contributed by atoms with E-state index in [2.05, 4.69) is 27.3 Å². The second-order valence-corrected chi connectivity index (χ2v) is 8.34. The lowest BCUT2D eigenvalue weighted by Crippen LogP contribution is -2.26. The zero-order valence-electron chi connectivity index (χ0n) is 15.0. The highest BCUT2D eigenvalue weighted by molar-refractivity contribution is 6.30. The number of aromatic nitrogens is 1. The van der Waals surface area contributed by atoms with Gasteiger partial charge in [-0.2, -0.15) is 0 Å². The van der Waals surface area contributed by atoms with Crippen LogP contribution in [0.15, 0.2) is 54.9 Å². The summed E-state index contributed by atoms with van der Waals surface area (Å²) in [4.78, 5) is 18.7. The maximum atomic E-state index is 12.0. The summed E-state index contributed by atoms with van der Waals surface area (Å²) in [5.74, 6) is 1.68. The van der Waals surface area contributed by atoms with Crippen molar-refractivity contribution in [1.82, 2.24) is 15.2 Å². The highest BCUT2D eigenvalue weighted by Gasteiger charge is 2.90. The zero-order chi connectivity index (χ0) is 18.4. The van der Waals surface area contributed by atoms with Crippen LogP contribution in [-0.2, 0) is 11.3 Å². The Labute approximate surface area is 164 Å². The minimum Gasteiger partial charge on any atom is -0.353 e. The molecule has 138 valence electrons. The van der Waals surface area contributed by atoms with E-state index < -0.39 is 0 Å². The summed E-state index contributed by atoms with van der Waals surface area (Å²) in [5, 5.41) is 3.83. The predicted molar refractivity (Wildman–Crippen MR) is 106 cm³/mol. The third-order valence-corrected chi connectivity index (χ3v) is 6.76. The molecule has 0 spiro atoms. The van der Waals surface area contributed by atoms with Crippen molar-refractivity contribution in [2.24, 2.45) is 17.3 Å². The van der Waals surface area contributed by atoms with Crippen molar-refractivity contribution in [3.05, 3.63) is 71.0 Å². The third-order valence-electron chi connectivity index (χ3n) is 6.51. The van der Waals surface area contributed by atoms with Crippen LogP contribution in [0.3, 0.4) is 0 Å². The lowest BCUT2D eigenvalue weighted by Gasteiger charge is -2.17. The molecule has 1 amide bonds. The fourth-order valence-corrected chi connectivity index (χ4v) is 5.30.